The van der Waals surface area contributed by atoms with Crippen LogP contribution in [0.3, 0.4) is 0 Å². The molecule has 4 rings (SSSR count). The number of amides is 1. The number of hydrogen-bond acceptors (Lipinski definition) is 4. The van der Waals surface area contributed by atoms with Gasteiger partial charge in [-0.1, -0.05) is 18.2 Å². The predicted octanol–water partition coefficient (Wildman–Crippen LogP) is 3.89. The summed E-state index contributed by atoms with van der Waals surface area (Å²) in [7, 11) is 3.92. The molecule has 29 heavy (non-hydrogen) atoms. The first-order chi connectivity index (χ1) is 14.0. The fraction of sp³-hybridized carbons (Fsp3) is 0.435. The van der Waals surface area contributed by atoms with Crippen molar-refractivity contribution in [2.24, 2.45) is 0 Å². The third kappa shape index (κ3) is 3.97. The van der Waals surface area contributed by atoms with E-state index in [1.807, 2.05) is 68.6 Å². The molecule has 0 spiro atoms. The van der Waals surface area contributed by atoms with Gasteiger partial charge < -0.3 is 14.4 Å². The Morgan fingerprint density at radius 1 is 1.24 bits per heavy atom. The Kier molecular flexibility index (Phi) is 5.51. The van der Waals surface area contributed by atoms with Crippen LogP contribution in [0.1, 0.15) is 41.9 Å². The highest BCUT2D eigenvalue weighted by molar-refractivity contribution is 6.07. The average Bonchev–Trinajstić information content (AvgIpc) is 3.15. The normalized spacial score (nSPS) is 16.9. The summed E-state index contributed by atoms with van der Waals surface area (Å²) < 4.78 is 2.17. The Morgan fingerprint density at radius 2 is 2.07 bits per heavy atom. The Bertz CT molecular complexity index is 1010. The lowest BCUT2D eigenvalue weighted by Crippen LogP contribution is -2.44. The van der Waals surface area contributed by atoms with Gasteiger partial charge >= 0.3 is 0 Å². The van der Waals surface area contributed by atoms with E-state index in [0.717, 1.165) is 60.5 Å². The molecule has 3 aromatic rings. The van der Waals surface area contributed by atoms with Crippen LogP contribution in [0.5, 0.6) is 0 Å². The first-order valence-corrected chi connectivity index (χ1v) is 10.4. The smallest absolute Gasteiger partial charge is 0.254 e. The second kappa shape index (κ2) is 8.23. The lowest BCUT2D eigenvalue weighted by molar-refractivity contribution is 0.0597. The number of hydrogen-bond donors (Lipinski definition) is 0. The molecule has 6 heteroatoms. The number of rotatable bonds is 5. The van der Waals surface area contributed by atoms with Gasteiger partial charge in [0.15, 0.2) is 0 Å². The molecule has 1 atom stereocenters. The summed E-state index contributed by atoms with van der Waals surface area (Å²) in [6.45, 7) is 3.73. The Balaban J connectivity index is 1.63. The van der Waals surface area contributed by atoms with Crippen molar-refractivity contribution in [3.63, 3.8) is 0 Å². The van der Waals surface area contributed by atoms with Crippen LogP contribution in [0.25, 0.3) is 10.9 Å². The Hall–Kier alpha value is -2.89. The van der Waals surface area contributed by atoms with Gasteiger partial charge in [-0.2, -0.15) is 0 Å². The molecule has 1 aromatic carbocycles. The van der Waals surface area contributed by atoms with Crippen LogP contribution in [-0.4, -0.2) is 52.0 Å². The number of fused-ring (bicyclic) bond motifs is 1. The SMILES string of the molecule is Cc1nccn1CCC1CCCCN1C(=O)c1cc(N(C)C)nc2ccccc12. The molecule has 0 aliphatic carbocycles. The summed E-state index contributed by atoms with van der Waals surface area (Å²) in [5.74, 6) is 1.96. The number of benzene rings is 1. The van der Waals surface area contributed by atoms with Crippen molar-refractivity contribution in [2.75, 3.05) is 25.5 Å². The predicted molar refractivity (Wildman–Crippen MR) is 116 cm³/mol. The highest BCUT2D eigenvalue weighted by Crippen LogP contribution is 2.27. The van der Waals surface area contributed by atoms with Crippen molar-refractivity contribution in [3.05, 3.63) is 54.1 Å². The molecule has 0 N–H and O–H groups in total. The third-order valence-electron chi connectivity index (χ3n) is 5.91. The van der Waals surface area contributed by atoms with Crippen molar-refractivity contribution < 1.29 is 4.79 Å². The number of aryl methyl sites for hydroxylation is 2. The molecular weight excluding hydrogens is 362 g/mol. The topological polar surface area (TPSA) is 54.3 Å². The number of carbonyl (C=O) groups is 1. The molecule has 1 unspecified atom stereocenters. The van der Waals surface area contributed by atoms with E-state index in [9.17, 15) is 4.79 Å². The van der Waals surface area contributed by atoms with Gasteiger partial charge in [-0.05, 0) is 44.7 Å². The van der Waals surface area contributed by atoms with E-state index in [4.69, 9.17) is 4.98 Å². The number of piperidine rings is 1. The minimum absolute atomic E-state index is 0.124. The average molecular weight is 392 g/mol. The maximum absolute atomic E-state index is 13.7. The van der Waals surface area contributed by atoms with Gasteiger partial charge in [0.2, 0.25) is 0 Å². The molecule has 0 radical (unpaired) electrons. The number of likely N-dealkylation sites (tertiary alicyclic amines) is 1. The molecular formula is C23H29N5O. The van der Waals surface area contributed by atoms with Gasteiger partial charge in [0.25, 0.3) is 5.91 Å². The first kappa shape index (κ1) is 19.4. The van der Waals surface area contributed by atoms with Crippen LogP contribution < -0.4 is 4.90 Å². The van der Waals surface area contributed by atoms with Gasteiger partial charge in [-0.25, -0.2) is 9.97 Å². The van der Waals surface area contributed by atoms with Crippen molar-refractivity contribution in [1.82, 2.24) is 19.4 Å². The van der Waals surface area contributed by atoms with Crippen molar-refractivity contribution in [2.45, 2.75) is 45.2 Å². The van der Waals surface area contributed by atoms with Crippen molar-refractivity contribution in [3.8, 4) is 0 Å². The molecule has 1 saturated heterocycles. The number of carbonyl (C=O) groups excluding carboxylic acids is 1. The van der Waals surface area contributed by atoms with Crippen LogP contribution in [-0.2, 0) is 6.54 Å². The van der Waals surface area contributed by atoms with E-state index in [1.54, 1.807) is 0 Å². The molecule has 1 amide bonds. The molecule has 152 valence electrons. The van der Waals surface area contributed by atoms with Gasteiger partial charge in [-0.3, -0.25) is 4.79 Å². The fourth-order valence-electron chi connectivity index (χ4n) is 4.22. The van der Waals surface area contributed by atoms with E-state index in [2.05, 4.69) is 14.5 Å². The third-order valence-corrected chi connectivity index (χ3v) is 5.91. The quantitative estimate of drug-likeness (QED) is 0.662. The summed E-state index contributed by atoms with van der Waals surface area (Å²) in [6, 6.07) is 10.1. The van der Waals surface area contributed by atoms with Crippen LogP contribution >= 0.6 is 0 Å². The number of pyridine rings is 1. The summed E-state index contributed by atoms with van der Waals surface area (Å²) in [5, 5.41) is 0.929. The molecule has 0 saturated carbocycles. The zero-order valence-electron chi connectivity index (χ0n) is 17.5. The first-order valence-electron chi connectivity index (χ1n) is 10.4. The van der Waals surface area contributed by atoms with Crippen LogP contribution in [0, 0.1) is 6.92 Å². The monoisotopic (exact) mass is 391 g/mol. The molecule has 1 fully saturated rings. The molecule has 2 aromatic heterocycles. The molecule has 6 nitrogen and oxygen atoms in total. The summed E-state index contributed by atoms with van der Waals surface area (Å²) >= 11 is 0. The molecule has 1 aliphatic rings. The number of nitrogens with zero attached hydrogens (tertiary/aromatic N) is 5. The van der Waals surface area contributed by atoms with Crippen LogP contribution in [0.15, 0.2) is 42.7 Å². The second-order valence-electron chi connectivity index (χ2n) is 8.04. The number of aromatic nitrogens is 3. The zero-order chi connectivity index (χ0) is 20.4. The highest BCUT2D eigenvalue weighted by Gasteiger charge is 2.29. The standard InChI is InChI=1S/C23H29N5O/c1-17-24-12-15-27(17)14-11-18-8-6-7-13-28(18)23(29)20-16-22(26(2)3)25-21-10-5-4-9-19(20)21/h4-5,9-10,12,15-16,18H,6-8,11,13-14H2,1-3H3. The van der Waals surface area contributed by atoms with Crippen LogP contribution in [0.4, 0.5) is 5.82 Å². The molecule has 0 bridgehead atoms. The molecule has 3 heterocycles. The Labute approximate surface area is 172 Å². The minimum Gasteiger partial charge on any atom is -0.363 e. The summed E-state index contributed by atoms with van der Waals surface area (Å²) in [5.41, 5.74) is 1.62. The zero-order valence-corrected chi connectivity index (χ0v) is 17.5. The highest BCUT2D eigenvalue weighted by atomic mass is 16.2. The Morgan fingerprint density at radius 3 is 2.83 bits per heavy atom. The van der Waals surface area contributed by atoms with Crippen molar-refractivity contribution in [1.29, 1.82) is 0 Å². The number of anilines is 1. The van der Waals surface area contributed by atoms with Gasteiger partial charge in [0.05, 0.1) is 11.1 Å². The van der Waals surface area contributed by atoms with E-state index in [1.165, 1.54) is 6.42 Å². The maximum Gasteiger partial charge on any atom is 0.254 e. The summed E-state index contributed by atoms with van der Waals surface area (Å²) in [4.78, 5) is 26.8. The molecule has 1 aliphatic heterocycles. The van der Waals surface area contributed by atoms with Gasteiger partial charge in [-0.15, -0.1) is 0 Å². The maximum atomic E-state index is 13.7. The second-order valence-corrected chi connectivity index (χ2v) is 8.04. The van der Waals surface area contributed by atoms with Gasteiger partial charge in [0.1, 0.15) is 11.6 Å². The minimum atomic E-state index is 0.124. The lowest BCUT2D eigenvalue weighted by Gasteiger charge is -2.36. The van der Waals surface area contributed by atoms with Crippen LogP contribution in [0.2, 0.25) is 0 Å². The number of imidazole rings is 1. The van der Waals surface area contributed by atoms with E-state index in [-0.39, 0.29) is 11.9 Å². The largest absolute Gasteiger partial charge is 0.363 e. The van der Waals surface area contributed by atoms with E-state index < -0.39 is 0 Å². The van der Waals surface area contributed by atoms with Gasteiger partial charge in [0, 0.05) is 51.0 Å². The fourth-order valence-corrected chi connectivity index (χ4v) is 4.22. The van der Waals surface area contributed by atoms with E-state index in [0.29, 0.717) is 0 Å². The van der Waals surface area contributed by atoms with E-state index >= 15 is 0 Å². The lowest BCUT2D eigenvalue weighted by atomic mass is 9.97. The summed E-state index contributed by atoms with van der Waals surface area (Å²) in [6.07, 6.45) is 8.11. The number of para-hydroxylation sites is 1. The van der Waals surface area contributed by atoms with Crippen molar-refractivity contribution >= 4 is 22.6 Å².